The first-order valence-electron chi connectivity index (χ1n) is 9.35. The molecule has 0 saturated heterocycles. The SMILES string of the molecule is O=C(O)N[C@@H](CCCCNC(=O)C(F)(F)F)C(=O)N(Cc1cccs1)Cc1cccs1. The number of hydrogen-bond acceptors (Lipinski definition) is 5. The van der Waals surface area contributed by atoms with Crippen molar-refractivity contribution in [2.24, 2.45) is 0 Å². The molecule has 0 saturated carbocycles. The molecule has 0 aliphatic carbocycles. The fourth-order valence-corrected chi connectivity index (χ4v) is 4.23. The highest BCUT2D eigenvalue weighted by Gasteiger charge is 2.38. The molecule has 2 heterocycles. The maximum Gasteiger partial charge on any atom is 0.471 e. The van der Waals surface area contributed by atoms with Crippen LogP contribution in [0.4, 0.5) is 18.0 Å². The number of hydrogen-bond donors (Lipinski definition) is 3. The van der Waals surface area contributed by atoms with E-state index >= 15 is 0 Å². The molecule has 2 aromatic heterocycles. The van der Waals surface area contributed by atoms with E-state index in [4.69, 9.17) is 5.11 Å². The molecule has 31 heavy (non-hydrogen) atoms. The summed E-state index contributed by atoms with van der Waals surface area (Å²) < 4.78 is 36.6. The number of carbonyl (C=O) groups is 3. The molecule has 2 aromatic rings. The summed E-state index contributed by atoms with van der Waals surface area (Å²) in [5, 5.41) is 16.9. The van der Waals surface area contributed by atoms with Crippen molar-refractivity contribution in [3.63, 3.8) is 0 Å². The normalized spacial score (nSPS) is 12.2. The van der Waals surface area contributed by atoms with Crippen molar-refractivity contribution < 1.29 is 32.7 Å². The number of unbranched alkanes of at least 4 members (excludes halogenated alkanes) is 1. The topological polar surface area (TPSA) is 98.7 Å². The second-order valence-electron chi connectivity index (χ2n) is 6.60. The third kappa shape index (κ3) is 8.58. The van der Waals surface area contributed by atoms with Gasteiger partial charge in [0.05, 0.1) is 13.1 Å². The van der Waals surface area contributed by atoms with Crippen molar-refractivity contribution in [2.75, 3.05) is 6.54 Å². The maximum absolute atomic E-state index is 13.1. The van der Waals surface area contributed by atoms with Crippen molar-refractivity contribution in [2.45, 2.75) is 44.6 Å². The molecule has 0 bridgehead atoms. The van der Waals surface area contributed by atoms with Crippen LogP contribution in [0.5, 0.6) is 0 Å². The monoisotopic (exact) mass is 477 g/mol. The second-order valence-corrected chi connectivity index (χ2v) is 8.67. The van der Waals surface area contributed by atoms with Crippen molar-refractivity contribution in [1.82, 2.24) is 15.5 Å². The Balaban J connectivity index is 1.98. The summed E-state index contributed by atoms with van der Waals surface area (Å²) in [5.74, 6) is -2.44. The van der Waals surface area contributed by atoms with Crippen LogP contribution in [0.2, 0.25) is 0 Å². The molecule has 1 atom stereocenters. The van der Waals surface area contributed by atoms with Crippen LogP contribution in [0.1, 0.15) is 29.0 Å². The molecule has 0 spiro atoms. The Hall–Kier alpha value is -2.60. The van der Waals surface area contributed by atoms with Gasteiger partial charge in [0.2, 0.25) is 5.91 Å². The first-order valence-corrected chi connectivity index (χ1v) is 11.1. The Morgan fingerprint density at radius 3 is 2.06 bits per heavy atom. The van der Waals surface area contributed by atoms with Gasteiger partial charge in [-0.15, -0.1) is 22.7 Å². The van der Waals surface area contributed by atoms with Gasteiger partial charge < -0.3 is 20.6 Å². The zero-order chi connectivity index (χ0) is 22.9. The molecule has 12 heteroatoms. The summed E-state index contributed by atoms with van der Waals surface area (Å²) in [6, 6.07) is 6.42. The van der Waals surface area contributed by atoms with Gasteiger partial charge in [0, 0.05) is 16.3 Å². The highest BCUT2D eigenvalue weighted by Crippen LogP contribution is 2.19. The number of nitrogens with one attached hydrogen (secondary N) is 2. The number of carbonyl (C=O) groups excluding carboxylic acids is 2. The molecule has 2 rings (SSSR count). The van der Waals surface area contributed by atoms with Crippen molar-refractivity contribution in [3.05, 3.63) is 44.8 Å². The maximum atomic E-state index is 13.1. The number of alkyl halides is 3. The first-order chi connectivity index (χ1) is 14.7. The van der Waals surface area contributed by atoms with Crippen LogP contribution in [0.25, 0.3) is 0 Å². The molecule has 7 nitrogen and oxygen atoms in total. The minimum atomic E-state index is -4.95. The van der Waals surface area contributed by atoms with E-state index < -0.39 is 30.1 Å². The Morgan fingerprint density at radius 2 is 1.61 bits per heavy atom. The first kappa shape index (κ1) is 24.7. The molecule has 0 aliphatic rings. The van der Waals surface area contributed by atoms with Gasteiger partial charge in [-0.25, -0.2) is 4.79 Å². The minimum Gasteiger partial charge on any atom is -0.465 e. The zero-order valence-corrected chi connectivity index (χ0v) is 18.0. The van der Waals surface area contributed by atoms with Gasteiger partial charge in [-0.3, -0.25) is 9.59 Å². The number of halogens is 3. The standard InChI is InChI=1S/C19H22F3N3O4S2/c20-19(21,22)17(27)23-8-2-1-7-15(24-18(28)29)16(26)25(11-13-5-3-9-30-13)12-14-6-4-10-31-14/h3-6,9-10,15,24H,1-2,7-8,11-12H2,(H,23,27)(H,28,29)/t15-/m0/s1. The van der Waals surface area contributed by atoms with Gasteiger partial charge in [0.25, 0.3) is 0 Å². The molecule has 0 aromatic carbocycles. The Bertz CT molecular complexity index is 806. The summed E-state index contributed by atoms with van der Waals surface area (Å²) in [4.78, 5) is 38.6. The zero-order valence-electron chi connectivity index (χ0n) is 16.4. The lowest BCUT2D eigenvalue weighted by Crippen LogP contribution is -2.47. The fraction of sp³-hybridized carbons (Fsp3) is 0.421. The van der Waals surface area contributed by atoms with E-state index in [1.165, 1.54) is 22.7 Å². The molecular formula is C19H22F3N3O4S2. The van der Waals surface area contributed by atoms with Crippen LogP contribution in [0.3, 0.4) is 0 Å². The molecule has 0 unspecified atom stereocenters. The summed E-state index contributed by atoms with van der Waals surface area (Å²) in [7, 11) is 0. The lowest BCUT2D eigenvalue weighted by atomic mass is 10.1. The quantitative estimate of drug-likeness (QED) is 0.429. The van der Waals surface area contributed by atoms with Crippen LogP contribution in [-0.4, -0.2) is 46.7 Å². The molecule has 3 N–H and O–H groups in total. The predicted molar refractivity (Wildman–Crippen MR) is 111 cm³/mol. The largest absolute Gasteiger partial charge is 0.471 e. The Morgan fingerprint density at radius 1 is 1.03 bits per heavy atom. The average Bonchev–Trinajstić information content (AvgIpc) is 3.38. The van der Waals surface area contributed by atoms with Gasteiger partial charge >= 0.3 is 18.2 Å². The third-order valence-electron chi connectivity index (χ3n) is 4.22. The highest BCUT2D eigenvalue weighted by atomic mass is 32.1. The highest BCUT2D eigenvalue weighted by molar-refractivity contribution is 7.10. The van der Waals surface area contributed by atoms with Crippen molar-refractivity contribution in [1.29, 1.82) is 0 Å². The summed E-state index contributed by atoms with van der Waals surface area (Å²) in [6.45, 7) is 0.405. The third-order valence-corrected chi connectivity index (χ3v) is 5.95. The molecule has 0 radical (unpaired) electrons. The molecule has 170 valence electrons. The van der Waals surface area contributed by atoms with E-state index in [2.05, 4.69) is 5.32 Å². The molecule has 3 amide bonds. The van der Waals surface area contributed by atoms with Crippen LogP contribution < -0.4 is 10.6 Å². The van der Waals surface area contributed by atoms with Crippen LogP contribution in [0, 0.1) is 0 Å². The van der Waals surface area contributed by atoms with Gasteiger partial charge in [0.1, 0.15) is 6.04 Å². The van der Waals surface area contributed by atoms with Crippen molar-refractivity contribution in [3.8, 4) is 0 Å². The van der Waals surface area contributed by atoms with Gasteiger partial charge in [-0.1, -0.05) is 12.1 Å². The number of thiophene rings is 2. The average molecular weight is 478 g/mol. The molecular weight excluding hydrogens is 455 g/mol. The van der Waals surface area contributed by atoms with Gasteiger partial charge in [-0.05, 0) is 42.2 Å². The fourth-order valence-electron chi connectivity index (χ4n) is 2.80. The lowest BCUT2D eigenvalue weighted by molar-refractivity contribution is -0.173. The number of rotatable bonds is 11. The molecule has 0 fully saturated rings. The van der Waals surface area contributed by atoms with E-state index in [1.54, 1.807) is 10.2 Å². The number of carboxylic acid groups (broad SMARTS) is 1. The van der Waals surface area contributed by atoms with E-state index in [0.717, 1.165) is 9.75 Å². The minimum absolute atomic E-state index is 0.0956. The van der Waals surface area contributed by atoms with Gasteiger partial charge in [0.15, 0.2) is 0 Å². The summed E-state index contributed by atoms with van der Waals surface area (Å²) in [6.07, 6.45) is -5.80. The summed E-state index contributed by atoms with van der Waals surface area (Å²) >= 11 is 2.95. The van der Waals surface area contributed by atoms with Crippen molar-refractivity contribution >= 4 is 40.6 Å². The van der Waals surface area contributed by atoms with E-state index in [9.17, 15) is 27.6 Å². The predicted octanol–water partition coefficient (Wildman–Crippen LogP) is 3.82. The number of amides is 3. The van der Waals surface area contributed by atoms with Gasteiger partial charge in [-0.2, -0.15) is 13.2 Å². The lowest BCUT2D eigenvalue weighted by Gasteiger charge is -2.27. The van der Waals surface area contributed by atoms with Crippen LogP contribution >= 0.6 is 22.7 Å². The Kier molecular flexibility index (Phi) is 9.31. The van der Waals surface area contributed by atoms with Crippen LogP contribution in [-0.2, 0) is 22.7 Å². The van der Waals surface area contributed by atoms with E-state index in [-0.39, 0.29) is 25.8 Å². The van der Waals surface area contributed by atoms with E-state index in [0.29, 0.717) is 13.1 Å². The molecule has 0 aliphatic heterocycles. The van der Waals surface area contributed by atoms with E-state index in [1.807, 2.05) is 35.0 Å². The number of nitrogens with zero attached hydrogens (tertiary/aromatic N) is 1. The van der Waals surface area contributed by atoms with Crippen LogP contribution in [0.15, 0.2) is 35.0 Å². The second kappa shape index (κ2) is 11.7. The smallest absolute Gasteiger partial charge is 0.465 e. The summed E-state index contributed by atoms with van der Waals surface area (Å²) in [5.41, 5.74) is 0. The Labute approximate surface area is 184 Å².